The second kappa shape index (κ2) is 5.73. The van der Waals surface area contributed by atoms with E-state index in [4.69, 9.17) is 9.26 Å². The Bertz CT molecular complexity index is 415. The molecule has 1 aromatic rings. The minimum absolute atomic E-state index is 0.110. The lowest BCUT2D eigenvalue weighted by atomic mass is 10.1. The van der Waals surface area contributed by atoms with Crippen molar-refractivity contribution in [1.29, 1.82) is 0 Å². The van der Waals surface area contributed by atoms with Gasteiger partial charge in [-0.1, -0.05) is 12.1 Å². The van der Waals surface area contributed by atoms with Crippen molar-refractivity contribution in [2.45, 2.75) is 38.4 Å². The third-order valence-corrected chi connectivity index (χ3v) is 4.43. The molecule has 5 nitrogen and oxygen atoms in total. The van der Waals surface area contributed by atoms with E-state index in [0.29, 0.717) is 12.3 Å². The lowest BCUT2D eigenvalue weighted by Crippen LogP contribution is -2.13. The van der Waals surface area contributed by atoms with Gasteiger partial charge in [0.2, 0.25) is 5.89 Å². The second-order valence-corrected chi connectivity index (χ2v) is 5.69. The van der Waals surface area contributed by atoms with Crippen LogP contribution in [0.2, 0.25) is 0 Å². The summed E-state index contributed by atoms with van der Waals surface area (Å²) < 4.78 is 9.77. The standard InChI is InChI=1S/C12H18N2O3S/c1-3-10-13-9(14-17-10)7-18-8-12(4-5-12)6-11(15)16-2/h3-8H2,1-2H3. The lowest BCUT2D eigenvalue weighted by molar-refractivity contribution is -0.141. The van der Waals surface area contributed by atoms with Crippen LogP contribution in [0.5, 0.6) is 0 Å². The Labute approximate surface area is 111 Å². The number of hydrogen-bond donors (Lipinski definition) is 0. The number of carbonyl (C=O) groups excluding carboxylic acids is 1. The van der Waals surface area contributed by atoms with Crippen molar-refractivity contribution in [1.82, 2.24) is 10.1 Å². The normalized spacial score (nSPS) is 16.6. The van der Waals surface area contributed by atoms with E-state index in [2.05, 4.69) is 10.1 Å². The third kappa shape index (κ3) is 3.48. The molecule has 0 saturated heterocycles. The van der Waals surface area contributed by atoms with Gasteiger partial charge >= 0.3 is 5.97 Å². The summed E-state index contributed by atoms with van der Waals surface area (Å²) in [5, 5.41) is 3.91. The summed E-state index contributed by atoms with van der Waals surface area (Å²) in [5.41, 5.74) is 0.162. The summed E-state index contributed by atoms with van der Waals surface area (Å²) in [6.07, 6.45) is 3.52. The Morgan fingerprint density at radius 1 is 1.56 bits per heavy atom. The van der Waals surface area contributed by atoms with Crippen LogP contribution in [0.15, 0.2) is 4.52 Å². The molecular weight excluding hydrogens is 252 g/mol. The minimum Gasteiger partial charge on any atom is -0.469 e. The second-order valence-electron chi connectivity index (χ2n) is 4.70. The molecule has 1 aromatic heterocycles. The fourth-order valence-electron chi connectivity index (χ4n) is 1.78. The van der Waals surface area contributed by atoms with Gasteiger partial charge in [0.05, 0.1) is 19.3 Å². The van der Waals surface area contributed by atoms with Crippen molar-refractivity contribution in [3.63, 3.8) is 0 Å². The number of esters is 1. The predicted octanol–water partition coefficient (Wildman–Crippen LogP) is 2.21. The molecule has 1 saturated carbocycles. The number of methoxy groups -OCH3 is 1. The number of aryl methyl sites for hydroxylation is 1. The molecule has 0 atom stereocenters. The summed E-state index contributed by atoms with van der Waals surface area (Å²) in [5.74, 6) is 3.01. The lowest BCUT2D eigenvalue weighted by Gasteiger charge is -2.11. The van der Waals surface area contributed by atoms with Crippen LogP contribution in [0, 0.1) is 5.41 Å². The van der Waals surface area contributed by atoms with E-state index in [1.54, 1.807) is 11.8 Å². The minimum atomic E-state index is -0.110. The van der Waals surface area contributed by atoms with E-state index in [1.807, 2.05) is 6.92 Å². The number of nitrogens with zero attached hydrogens (tertiary/aromatic N) is 2. The Balaban J connectivity index is 1.73. The van der Waals surface area contributed by atoms with E-state index >= 15 is 0 Å². The molecule has 1 aliphatic rings. The highest BCUT2D eigenvalue weighted by Crippen LogP contribution is 2.51. The van der Waals surface area contributed by atoms with E-state index in [-0.39, 0.29) is 11.4 Å². The van der Waals surface area contributed by atoms with Gasteiger partial charge in [0, 0.05) is 6.42 Å². The van der Waals surface area contributed by atoms with Crippen molar-refractivity contribution >= 4 is 17.7 Å². The van der Waals surface area contributed by atoms with Gasteiger partial charge in [-0.05, 0) is 24.0 Å². The average Bonchev–Trinajstić information content (AvgIpc) is 2.97. The Hall–Kier alpha value is -1.04. The van der Waals surface area contributed by atoms with Gasteiger partial charge in [-0.3, -0.25) is 4.79 Å². The fourth-order valence-corrected chi connectivity index (χ4v) is 3.00. The van der Waals surface area contributed by atoms with Crippen molar-refractivity contribution in [2.75, 3.05) is 12.9 Å². The first-order chi connectivity index (χ1) is 8.67. The topological polar surface area (TPSA) is 65.2 Å². The first-order valence-corrected chi connectivity index (χ1v) is 7.29. The molecule has 0 radical (unpaired) electrons. The van der Waals surface area contributed by atoms with Gasteiger partial charge in [0.15, 0.2) is 5.82 Å². The van der Waals surface area contributed by atoms with Crippen LogP contribution in [-0.2, 0) is 21.7 Å². The van der Waals surface area contributed by atoms with Crippen LogP contribution < -0.4 is 0 Å². The molecule has 0 spiro atoms. The Kier molecular flexibility index (Phi) is 4.27. The highest BCUT2D eigenvalue weighted by atomic mass is 32.2. The largest absolute Gasteiger partial charge is 0.469 e. The molecule has 0 aliphatic heterocycles. The summed E-state index contributed by atoms with van der Waals surface area (Å²) in [6, 6.07) is 0. The quantitative estimate of drug-likeness (QED) is 0.708. The number of hydrogen-bond acceptors (Lipinski definition) is 6. The number of ether oxygens (including phenoxy) is 1. The van der Waals surface area contributed by atoms with Crippen LogP contribution in [-0.4, -0.2) is 29.0 Å². The summed E-state index contributed by atoms with van der Waals surface area (Å²) >= 11 is 1.76. The van der Waals surface area contributed by atoms with Crippen LogP contribution >= 0.6 is 11.8 Å². The molecule has 18 heavy (non-hydrogen) atoms. The van der Waals surface area contributed by atoms with Crippen molar-refractivity contribution in [2.24, 2.45) is 5.41 Å². The van der Waals surface area contributed by atoms with E-state index in [0.717, 1.165) is 36.6 Å². The average molecular weight is 270 g/mol. The number of aromatic nitrogens is 2. The Morgan fingerprint density at radius 2 is 2.33 bits per heavy atom. The molecule has 1 heterocycles. The zero-order valence-corrected chi connectivity index (χ0v) is 11.6. The Morgan fingerprint density at radius 3 is 2.89 bits per heavy atom. The molecule has 2 rings (SSSR count). The van der Waals surface area contributed by atoms with Crippen LogP contribution in [0.1, 0.15) is 37.9 Å². The highest BCUT2D eigenvalue weighted by Gasteiger charge is 2.44. The molecule has 100 valence electrons. The summed E-state index contributed by atoms with van der Waals surface area (Å²) in [7, 11) is 1.44. The smallest absolute Gasteiger partial charge is 0.306 e. The van der Waals surface area contributed by atoms with Crippen molar-refractivity contribution in [3.8, 4) is 0 Å². The number of rotatable bonds is 7. The summed E-state index contributed by atoms with van der Waals surface area (Å²) in [6.45, 7) is 1.99. The summed E-state index contributed by atoms with van der Waals surface area (Å²) in [4.78, 5) is 15.5. The van der Waals surface area contributed by atoms with E-state index < -0.39 is 0 Å². The maximum absolute atomic E-state index is 11.3. The molecule has 0 aromatic carbocycles. The molecular formula is C12H18N2O3S. The van der Waals surface area contributed by atoms with Gasteiger partial charge in [0.25, 0.3) is 0 Å². The molecule has 0 bridgehead atoms. The zero-order valence-electron chi connectivity index (χ0n) is 10.8. The molecule has 0 amide bonds. The molecule has 1 aliphatic carbocycles. The molecule has 6 heteroatoms. The first-order valence-electron chi connectivity index (χ1n) is 6.13. The van der Waals surface area contributed by atoms with Crippen LogP contribution in [0.3, 0.4) is 0 Å². The molecule has 1 fully saturated rings. The highest BCUT2D eigenvalue weighted by molar-refractivity contribution is 7.98. The first kappa shape index (κ1) is 13.4. The molecule has 0 unspecified atom stereocenters. The van der Waals surface area contributed by atoms with Crippen LogP contribution in [0.25, 0.3) is 0 Å². The SMILES string of the molecule is CCc1nc(CSCC2(CC(=O)OC)CC2)no1. The molecule has 0 N–H and O–H groups in total. The van der Waals surface area contributed by atoms with Crippen molar-refractivity contribution < 1.29 is 14.1 Å². The third-order valence-electron chi connectivity index (χ3n) is 3.16. The van der Waals surface area contributed by atoms with Gasteiger partial charge in [-0.25, -0.2) is 0 Å². The van der Waals surface area contributed by atoms with E-state index in [1.165, 1.54) is 7.11 Å². The predicted molar refractivity (Wildman–Crippen MR) is 68.1 cm³/mol. The van der Waals surface area contributed by atoms with Crippen molar-refractivity contribution in [3.05, 3.63) is 11.7 Å². The van der Waals surface area contributed by atoms with Gasteiger partial charge in [0.1, 0.15) is 0 Å². The van der Waals surface area contributed by atoms with Gasteiger partial charge in [-0.2, -0.15) is 16.7 Å². The van der Waals surface area contributed by atoms with Gasteiger partial charge in [-0.15, -0.1) is 0 Å². The monoisotopic (exact) mass is 270 g/mol. The van der Waals surface area contributed by atoms with Gasteiger partial charge < -0.3 is 9.26 Å². The maximum Gasteiger partial charge on any atom is 0.306 e. The number of carbonyl (C=O) groups is 1. The van der Waals surface area contributed by atoms with E-state index in [9.17, 15) is 4.79 Å². The fraction of sp³-hybridized carbons (Fsp3) is 0.750. The zero-order chi connectivity index (χ0) is 13.0. The number of thioether (sulfide) groups is 1. The van der Waals surface area contributed by atoms with Crippen LogP contribution in [0.4, 0.5) is 0 Å². The maximum atomic E-state index is 11.3.